The van der Waals surface area contributed by atoms with Crippen LogP contribution in [0.2, 0.25) is 0 Å². The Bertz CT molecular complexity index is 377. The molecule has 0 aliphatic heterocycles. The number of rotatable bonds is 3. The largest absolute Gasteiger partial charge is 0.496 e. The molecule has 0 spiro atoms. The van der Waals surface area contributed by atoms with Crippen LogP contribution in [0.25, 0.3) is 0 Å². The Morgan fingerprint density at radius 3 is 2.40 bits per heavy atom. The van der Waals surface area contributed by atoms with Crippen molar-refractivity contribution < 1.29 is 4.74 Å². The quantitative estimate of drug-likeness (QED) is 0.753. The van der Waals surface area contributed by atoms with Gasteiger partial charge in [-0.1, -0.05) is 26.0 Å². The minimum absolute atomic E-state index is 0.0617. The number of hydrogen-bond acceptors (Lipinski definition) is 2. The SMILES string of the molecule is COc1ccc(C(C)C#N)cc1C(C)C. The molecule has 0 N–H and O–H groups in total. The molecule has 15 heavy (non-hydrogen) atoms. The number of methoxy groups -OCH3 is 1. The second kappa shape index (κ2) is 4.84. The third kappa shape index (κ3) is 2.50. The highest BCUT2D eigenvalue weighted by Crippen LogP contribution is 2.29. The zero-order valence-electron chi connectivity index (χ0n) is 9.74. The van der Waals surface area contributed by atoms with E-state index < -0.39 is 0 Å². The van der Waals surface area contributed by atoms with Gasteiger partial charge in [-0.15, -0.1) is 0 Å². The summed E-state index contributed by atoms with van der Waals surface area (Å²) in [5.74, 6) is 1.25. The second-order valence-electron chi connectivity index (χ2n) is 4.01. The van der Waals surface area contributed by atoms with E-state index in [1.54, 1.807) is 7.11 Å². The van der Waals surface area contributed by atoms with Crippen LogP contribution < -0.4 is 4.74 Å². The summed E-state index contributed by atoms with van der Waals surface area (Å²) in [5, 5.41) is 8.86. The third-order valence-corrected chi connectivity index (χ3v) is 2.57. The Balaban J connectivity index is 3.17. The Morgan fingerprint density at radius 1 is 1.27 bits per heavy atom. The summed E-state index contributed by atoms with van der Waals surface area (Å²) in [7, 11) is 1.68. The van der Waals surface area contributed by atoms with Crippen LogP contribution in [0.5, 0.6) is 5.75 Å². The Morgan fingerprint density at radius 2 is 1.93 bits per heavy atom. The van der Waals surface area contributed by atoms with E-state index in [0.717, 1.165) is 16.9 Å². The molecule has 0 saturated heterocycles. The van der Waals surface area contributed by atoms with Crippen LogP contribution in [0.1, 0.15) is 43.7 Å². The first-order valence-corrected chi connectivity index (χ1v) is 5.17. The van der Waals surface area contributed by atoms with Crippen molar-refractivity contribution in [2.75, 3.05) is 7.11 Å². The van der Waals surface area contributed by atoms with E-state index in [4.69, 9.17) is 10.00 Å². The van der Waals surface area contributed by atoms with Gasteiger partial charge in [0.1, 0.15) is 5.75 Å². The zero-order chi connectivity index (χ0) is 11.4. The lowest BCUT2D eigenvalue weighted by atomic mass is 9.95. The molecule has 1 unspecified atom stereocenters. The van der Waals surface area contributed by atoms with Crippen molar-refractivity contribution in [1.82, 2.24) is 0 Å². The standard InChI is InChI=1S/C13H17NO/c1-9(2)12-7-11(10(3)8-14)5-6-13(12)15-4/h5-7,9-10H,1-4H3. The predicted molar refractivity (Wildman–Crippen MR) is 61.1 cm³/mol. The molecule has 0 radical (unpaired) electrons. The average Bonchev–Trinajstić information content (AvgIpc) is 2.27. The van der Waals surface area contributed by atoms with Gasteiger partial charge in [0.15, 0.2) is 0 Å². The minimum atomic E-state index is -0.0617. The van der Waals surface area contributed by atoms with Crippen molar-refractivity contribution in [2.45, 2.75) is 32.6 Å². The molecule has 80 valence electrons. The Labute approximate surface area is 91.5 Å². The highest BCUT2D eigenvalue weighted by Gasteiger charge is 2.11. The van der Waals surface area contributed by atoms with Crippen molar-refractivity contribution in [1.29, 1.82) is 5.26 Å². The molecule has 0 bridgehead atoms. The summed E-state index contributed by atoms with van der Waals surface area (Å²) in [6.07, 6.45) is 0. The van der Waals surface area contributed by atoms with Crippen LogP contribution in [-0.2, 0) is 0 Å². The summed E-state index contributed by atoms with van der Waals surface area (Å²) in [6, 6.07) is 8.21. The van der Waals surface area contributed by atoms with Crippen LogP contribution in [0.4, 0.5) is 0 Å². The molecule has 1 aromatic rings. The molecule has 0 aliphatic carbocycles. The Kier molecular flexibility index (Phi) is 3.74. The fourth-order valence-electron chi connectivity index (χ4n) is 1.55. The van der Waals surface area contributed by atoms with Gasteiger partial charge in [-0.2, -0.15) is 5.26 Å². The van der Waals surface area contributed by atoms with Gasteiger partial charge in [0, 0.05) is 0 Å². The first kappa shape index (κ1) is 11.6. The van der Waals surface area contributed by atoms with E-state index >= 15 is 0 Å². The smallest absolute Gasteiger partial charge is 0.122 e. The average molecular weight is 203 g/mol. The third-order valence-electron chi connectivity index (χ3n) is 2.57. The van der Waals surface area contributed by atoms with Crippen LogP contribution in [-0.4, -0.2) is 7.11 Å². The molecule has 2 nitrogen and oxygen atoms in total. The summed E-state index contributed by atoms with van der Waals surface area (Å²) < 4.78 is 5.29. The fourth-order valence-corrected chi connectivity index (χ4v) is 1.55. The first-order chi connectivity index (χ1) is 7.10. The Hall–Kier alpha value is -1.49. The lowest BCUT2D eigenvalue weighted by molar-refractivity contribution is 0.407. The summed E-state index contributed by atoms with van der Waals surface area (Å²) in [6.45, 7) is 6.16. The minimum Gasteiger partial charge on any atom is -0.496 e. The molecule has 0 saturated carbocycles. The molecule has 2 heteroatoms. The molecule has 1 rings (SSSR count). The fraction of sp³-hybridized carbons (Fsp3) is 0.462. The maximum Gasteiger partial charge on any atom is 0.122 e. The summed E-state index contributed by atoms with van der Waals surface area (Å²) in [5.41, 5.74) is 2.22. The number of nitriles is 1. The topological polar surface area (TPSA) is 33.0 Å². The second-order valence-corrected chi connectivity index (χ2v) is 4.01. The van der Waals surface area contributed by atoms with Crippen LogP contribution in [0, 0.1) is 11.3 Å². The molecule has 1 atom stereocenters. The van der Waals surface area contributed by atoms with Crippen LogP contribution in [0.15, 0.2) is 18.2 Å². The van der Waals surface area contributed by atoms with Gasteiger partial charge in [-0.25, -0.2) is 0 Å². The van der Waals surface area contributed by atoms with E-state index in [2.05, 4.69) is 26.0 Å². The number of hydrogen-bond donors (Lipinski definition) is 0. The molecule has 0 aliphatic rings. The van der Waals surface area contributed by atoms with Crippen molar-refractivity contribution in [2.24, 2.45) is 0 Å². The lowest BCUT2D eigenvalue weighted by Gasteiger charge is -2.14. The predicted octanol–water partition coefficient (Wildman–Crippen LogP) is 3.45. The number of ether oxygens (including phenoxy) is 1. The number of nitrogens with zero attached hydrogens (tertiary/aromatic N) is 1. The lowest BCUT2D eigenvalue weighted by Crippen LogP contribution is -1.97. The van der Waals surface area contributed by atoms with E-state index in [0.29, 0.717) is 5.92 Å². The van der Waals surface area contributed by atoms with E-state index in [1.807, 2.05) is 19.1 Å². The van der Waals surface area contributed by atoms with Gasteiger partial charge < -0.3 is 4.74 Å². The first-order valence-electron chi connectivity index (χ1n) is 5.17. The normalized spacial score (nSPS) is 12.3. The van der Waals surface area contributed by atoms with E-state index in [1.165, 1.54) is 0 Å². The molecule has 0 fully saturated rings. The van der Waals surface area contributed by atoms with Crippen LogP contribution in [0.3, 0.4) is 0 Å². The highest BCUT2D eigenvalue weighted by molar-refractivity contribution is 5.41. The van der Waals surface area contributed by atoms with Crippen LogP contribution >= 0.6 is 0 Å². The number of benzene rings is 1. The van der Waals surface area contributed by atoms with Gasteiger partial charge in [-0.3, -0.25) is 0 Å². The van der Waals surface area contributed by atoms with Crippen molar-refractivity contribution >= 4 is 0 Å². The van der Waals surface area contributed by atoms with Crippen molar-refractivity contribution in [3.63, 3.8) is 0 Å². The van der Waals surface area contributed by atoms with E-state index in [9.17, 15) is 0 Å². The zero-order valence-corrected chi connectivity index (χ0v) is 9.74. The van der Waals surface area contributed by atoms with Gasteiger partial charge in [-0.05, 0) is 30.0 Å². The maximum atomic E-state index is 8.86. The molecular formula is C13H17NO. The molecular weight excluding hydrogens is 186 g/mol. The van der Waals surface area contributed by atoms with Gasteiger partial charge in [0.25, 0.3) is 0 Å². The molecule has 0 amide bonds. The monoisotopic (exact) mass is 203 g/mol. The van der Waals surface area contributed by atoms with Gasteiger partial charge in [0.2, 0.25) is 0 Å². The van der Waals surface area contributed by atoms with Gasteiger partial charge in [0.05, 0.1) is 19.1 Å². The van der Waals surface area contributed by atoms with Crippen molar-refractivity contribution in [3.05, 3.63) is 29.3 Å². The maximum absolute atomic E-state index is 8.86. The molecule has 0 heterocycles. The van der Waals surface area contributed by atoms with E-state index in [-0.39, 0.29) is 5.92 Å². The molecule has 1 aromatic carbocycles. The van der Waals surface area contributed by atoms with Crippen molar-refractivity contribution in [3.8, 4) is 11.8 Å². The highest BCUT2D eigenvalue weighted by atomic mass is 16.5. The summed E-state index contributed by atoms with van der Waals surface area (Å²) >= 11 is 0. The summed E-state index contributed by atoms with van der Waals surface area (Å²) in [4.78, 5) is 0. The molecule has 0 aromatic heterocycles. The van der Waals surface area contributed by atoms with Gasteiger partial charge >= 0.3 is 0 Å².